The molecule has 0 saturated carbocycles. The molecule has 1 aromatic heterocycles. The van der Waals surface area contributed by atoms with Crippen LogP contribution in [0.25, 0.3) is 21.7 Å². The van der Waals surface area contributed by atoms with Crippen molar-refractivity contribution in [2.75, 3.05) is 0 Å². The van der Waals surface area contributed by atoms with Crippen molar-refractivity contribution in [1.82, 2.24) is 0 Å². The second-order valence-corrected chi connectivity index (χ2v) is 3.75. The molecule has 0 bridgehead atoms. The minimum Gasteiger partial charge on any atom is -0.872 e. The fourth-order valence-corrected chi connectivity index (χ4v) is 1.89. The third-order valence-corrected chi connectivity index (χ3v) is 2.66. The van der Waals surface area contributed by atoms with Crippen molar-refractivity contribution >= 4 is 21.7 Å². The largest absolute Gasteiger partial charge is 1.00 e. The zero-order valence-corrected chi connectivity index (χ0v) is 14.6. The van der Waals surface area contributed by atoms with E-state index in [1.54, 1.807) is 12.1 Å². The van der Waals surface area contributed by atoms with Crippen molar-refractivity contribution in [3.8, 4) is 11.5 Å². The Morgan fingerprint density at radius 3 is 2.05 bits per heavy atom. The quantitative estimate of drug-likeness (QED) is 0.233. The summed E-state index contributed by atoms with van der Waals surface area (Å²) in [4.78, 5) is 11.6. The Balaban J connectivity index is 0.000000902. The molecule has 0 aliphatic heterocycles. The van der Waals surface area contributed by atoms with Crippen LogP contribution in [0.2, 0.25) is 0 Å². The Labute approximate surface area is 152 Å². The molecule has 3 rings (SSSR count). The van der Waals surface area contributed by atoms with Crippen LogP contribution in [0.3, 0.4) is 0 Å². The minimum atomic E-state index is -0.601. The molecule has 0 unspecified atom stereocenters. The first-order chi connectivity index (χ1) is 8.15. The number of hydrogen-bond donors (Lipinski definition) is 0. The molecular weight excluding hydrogens is 266 g/mol. The fraction of sp³-hybridized carbons (Fsp3) is 0. The second-order valence-electron chi connectivity index (χ2n) is 3.75. The Bertz CT molecular complexity index is 796. The van der Waals surface area contributed by atoms with Gasteiger partial charge in [-0.1, -0.05) is 30.3 Å². The first-order valence-corrected chi connectivity index (χ1v) is 5.00. The van der Waals surface area contributed by atoms with Gasteiger partial charge in [0, 0.05) is 5.39 Å². The molecule has 0 amide bonds. The molecule has 19 heavy (non-hydrogen) atoms. The molecular formula is C13H6Na2O4. The van der Waals surface area contributed by atoms with Crippen LogP contribution in [-0.4, -0.2) is 0 Å². The number of fused-ring (bicyclic) bond motifs is 3. The third kappa shape index (κ3) is 2.99. The zero-order valence-electron chi connectivity index (χ0n) is 10.6. The normalized spacial score (nSPS) is 9.89. The van der Waals surface area contributed by atoms with Crippen molar-refractivity contribution in [2.24, 2.45) is 0 Å². The van der Waals surface area contributed by atoms with Gasteiger partial charge in [-0.25, -0.2) is 4.79 Å². The van der Waals surface area contributed by atoms with Gasteiger partial charge in [0.15, 0.2) is 0 Å². The molecule has 0 radical (unpaired) electrons. The van der Waals surface area contributed by atoms with Crippen LogP contribution in [0.5, 0.6) is 11.5 Å². The van der Waals surface area contributed by atoms with E-state index in [1.807, 2.05) is 0 Å². The molecule has 0 aliphatic carbocycles. The van der Waals surface area contributed by atoms with Crippen LogP contribution in [-0.2, 0) is 0 Å². The first-order valence-electron chi connectivity index (χ1n) is 5.00. The Morgan fingerprint density at radius 2 is 1.37 bits per heavy atom. The van der Waals surface area contributed by atoms with Crippen LogP contribution in [0.15, 0.2) is 45.6 Å². The van der Waals surface area contributed by atoms with Crippen LogP contribution in [0.4, 0.5) is 0 Å². The summed E-state index contributed by atoms with van der Waals surface area (Å²) in [6.45, 7) is 0. The summed E-state index contributed by atoms with van der Waals surface area (Å²) in [6, 6.07) is 8.45. The SMILES string of the molecule is O=c1oc2cc([O-])ccc2c2ccc([O-])cc12.[Na+].[Na+]. The van der Waals surface area contributed by atoms with Crippen molar-refractivity contribution < 1.29 is 73.7 Å². The summed E-state index contributed by atoms with van der Waals surface area (Å²) in [5, 5.41) is 23.9. The Morgan fingerprint density at radius 1 is 0.789 bits per heavy atom. The molecule has 0 aliphatic rings. The van der Waals surface area contributed by atoms with Crippen LogP contribution in [0, 0.1) is 0 Å². The van der Waals surface area contributed by atoms with Gasteiger partial charge in [-0.05, 0) is 11.5 Å². The van der Waals surface area contributed by atoms with Gasteiger partial charge >= 0.3 is 64.7 Å². The summed E-state index contributed by atoms with van der Waals surface area (Å²) in [6.07, 6.45) is 0. The monoisotopic (exact) mass is 272 g/mol. The average molecular weight is 272 g/mol. The maximum absolute atomic E-state index is 11.6. The second kappa shape index (κ2) is 6.31. The van der Waals surface area contributed by atoms with Gasteiger partial charge < -0.3 is 14.6 Å². The zero-order chi connectivity index (χ0) is 12.0. The summed E-state index contributed by atoms with van der Waals surface area (Å²) < 4.78 is 5.02. The maximum Gasteiger partial charge on any atom is 1.00 e. The van der Waals surface area contributed by atoms with Crippen LogP contribution in [0.1, 0.15) is 0 Å². The number of hydrogen-bond acceptors (Lipinski definition) is 4. The summed E-state index contributed by atoms with van der Waals surface area (Å²) >= 11 is 0. The van der Waals surface area contributed by atoms with Gasteiger partial charge in [0.2, 0.25) is 0 Å². The van der Waals surface area contributed by atoms with E-state index >= 15 is 0 Å². The van der Waals surface area contributed by atoms with Gasteiger partial charge in [-0.15, -0.1) is 11.5 Å². The molecule has 0 N–H and O–H groups in total. The molecule has 84 valence electrons. The standard InChI is InChI=1S/C13H8O4.2Na/c14-7-1-3-9-10-4-2-8(15)6-12(10)17-13(16)11(9)5-7;;/h1-6,14-15H;;/q;2*+1/p-2. The Kier molecular flexibility index (Phi) is 5.50. The van der Waals surface area contributed by atoms with Crippen molar-refractivity contribution in [3.63, 3.8) is 0 Å². The molecule has 0 atom stereocenters. The van der Waals surface area contributed by atoms with Crippen LogP contribution >= 0.6 is 0 Å². The van der Waals surface area contributed by atoms with Crippen molar-refractivity contribution in [1.29, 1.82) is 0 Å². The maximum atomic E-state index is 11.6. The van der Waals surface area contributed by atoms with E-state index in [1.165, 1.54) is 24.3 Å². The van der Waals surface area contributed by atoms with Gasteiger partial charge in [0.25, 0.3) is 0 Å². The van der Waals surface area contributed by atoms with Crippen molar-refractivity contribution in [3.05, 3.63) is 46.8 Å². The molecule has 0 fully saturated rings. The predicted octanol–water partition coefficient (Wildman–Crippen LogP) is -4.90. The van der Waals surface area contributed by atoms with Crippen LogP contribution < -0.4 is 75.0 Å². The summed E-state index contributed by atoms with van der Waals surface area (Å²) in [7, 11) is 0. The predicted molar refractivity (Wildman–Crippen MR) is 58.9 cm³/mol. The number of benzene rings is 2. The molecule has 4 nitrogen and oxygen atoms in total. The molecule has 1 heterocycles. The van der Waals surface area contributed by atoms with E-state index in [9.17, 15) is 15.0 Å². The van der Waals surface area contributed by atoms with Gasteiger partial charge in [0.1, 0.15) is 5.58 Å². The van der Waals surface area contributed by atoms with Gasteiger partial charge in [-0.3, -0.25) is 0 Å². The summed E-state index contributed by atoms with van der Waals surface area (Å²) in [5.74, 6) is -0.468. The summed E-state index contributed by atoms with van der Waals surface area (Å²) in [5.41, 5.74) is -0.357. The van der Waals surface area contributed by atoms with Gasteiger partial charge in [-0.2, -0.15) is 0 Å². The third-order valence-electron chi connectivity index (χ3n) is 2.66. The van der Waals surface area contributed by atoms with E-state index in [0.29, 0.717) is 10.8 Å². The Hall–Kier alpha value is -0.490. The topological polar surface area (TPSA) is 76.3 Å². The minimum absolute atomic E-state index is 0. The molecule has 3 aromatic rings. The van der Waals surface area contributed by atoms with E-state index in [0.717, 1.165) is 0 Å². The van der Waals surface area contributed by atoms with E-state index < -0.39 is 5.63 Å². The van der Waals surface area contributed by atoms with E-state index in [2.05, 4.69) is 0 Å². The smallest absolute Gasteiger partial charge is 0.872 e. The fourth-order valence-electron chi connectivity index (χ4n) is 1.89. The first kappa shape index (κ1) is 16.6. The van der Waals surface area contributed by atoms with Crippen molar-refractivity contribution in [2.45, 2.75) is 0 Å². The van der Waals surface area contributed by atoms with E-state index in [4.69, 9.17) is 4.42 Å². The number of rotatable bonds is 0. The van der Waals surface area contributed by atoms with Gasteiger partial charge in [0.05, 0.1) is 5.39 Å². The molecule has 6 heteroatoms. The molecule has 2 aromatic carbocycles. The molecule has 0 spiro atoms. The molecule has 0 saturated heterocycles. The van der Waals surface area contributed by atoms with E-state index in [-0.39, 0.29) is 81.6 Å². The average Bonchev–Trinajstić information content (AvgIpc) is 2.29.